The fourth-order valence-electron chi connectivity index (χ4n) is 2.25. The van der Waals surface area contributed by atoms with E-state index in [9.17, 15) is 0 Å². The summed E-state index contributed by atoms with van der Waals surface area (Å²) in [6.45, 7) is 6.08. The Hall–Kier alpha value is -0.430. The van der Waals surface area contributed by atoms with Crippen molar-refractivity contribution in [3.05, 3.63) is 29.8 Å². The topological polar surface area (TPSA) is 27.6 Å². The predicted molar refractivity (Wildman–Crippen MR) is 99.3 cm³/mol. The Morgan fingerprint density at radius 2 is 1.90 bits per heavy atom. The van der Waals surface area contributed by atoms with Crippen LogP contribution in [0.5, 0.6) is 0 Å². The summed E-state index contributed by atoms with van der Waals surface area (Å²) < 4.78 is 0. The fourth-order valence-corrected chi connectivity index (χ4v) is 2.66. The van der Waals surface area contributed by atoms with Gasteiger partial charge in [-0.1, -0.05) is 12.1 Å². The lowest BCUT2D eigenvalue weighted by Crippen LogP contribution is -2.39. The number of halogens is 1. The second kappa shape index (κ2) is 9.50. The molecule has 2 rings (SSSR count). The second-order valence-electron chi connectivity index (χ2n) is 4.71. The molecule has 112 valence electrons. The predicted octanol–water partition coefficient (Wildman–Crippen LogP) is 3.59. The maximum Gasteiger partial charge on any atom is 0.194 e. The number of hydrogen-bond donors (Lipinski definition) is 1. The first-order chi connectivity index (χ1) is 9.33. The molecule has 0 unspecified atom stereocenters. The second-order valence-corrected chi connectivity index (χ2v) is 5.59. The molecule has 0 saturated carbocycles. The molecule has 1 saturated heterocycles. The number of hydrogen-bond acceptors (Lipinski definition) is 2. The molecule has 3 nitrogen and oxygen atoms in total. The van der Waals surface area contributed by atoms with E-state index in [2.05, 4.69) is 47.7 Å². The van der Waals surface area contributed by atoms with Crippen molar-refractivity contribution in [2.45, 2.75) is 31.2 Å². The largest absolute Gasteiger partial charge is 0.357 e. The quantitative estimate of drug-likeness (QED) is 0.359. The van der Waals surface area contributed by atoms with E-state index in [0.29, 0.717) is 0 Å². The summed E-state index contributed by atoms with van der Waals surface area (Å²) in [4.78, 5) is 8.41. The lowest BCUT2D eigenvalue weighted by atomic mass is 10.2. The van der Waals surface area contributed by atoms with Crippen LogP contribution in [0, 0.1) is 0 Å². The number of likely N-dealkylation sites (tertiary alicyclic amines) is 1. The Labute approximate surface area is 143 Å². The van der Waals surface area contributed by atoms with Crippen LogP contribution in [0.1, 0.15) is 25.3 Å². The third-order valence-corrected chi connectivity index (χ3v) is 4.05. The van der Waals surface area contributed by atoms with Crippen LogP contribution < -0.4 is 5.32 Å². The average Bonchev–Trinajstić information content (AvgIpc) is 2.98. The van der Waals surface area contributed by atoms with Gasteiger partial charge in [0.2, 0.25) is 0 Å². The SMILES string of the molecule is CCNC(=NCc1ccc(SC)cc1)N1CCCC1.I. The van der Waals surface area contributed by atoms with E-state index in [4.69, 9.17) is 4.99 Å². The van der Waals surface area contributed by atoms with Crippen LogP contribution in [0.15, 0.2) is 34.2 Å². The lowest BCUT2D eigenvalue weighted by Gasteiger charge is -2.20. The maximum absolute atomic E-state index is 4.75. The number of rotatable bonds is 4. The number of nitrogens with zero attached hydrogens (tertiary/aromatic N) is 2. The van der Waals surface area contributed by atoms with Gasteiger partial charge in [-0.2, -0.15) is 0 Å². The van der Waals surface area contributed by atoms with Crippen LogP contribution in [0.25, 0.3) is 0 Å². The number of aliphatic imine (C=N–C) groups is 1. The molecular formula is C15H24IN3S. The Morgan fingerprint density at radius 1 is 1.25 bits per heavy atom. The molecule has 1 aliphatic heterocycles. The van der Waals surface area contributed by atoms with Crippen molar-refractivity contribution in [3.8, 4) is 0 Å². The molecule has 0 atom stereocenters. The first-order valence-corrected chi connectivity index (χ1v) is 8.22. The molecule has 1 heterocycles. The van der Waals surface area contributed by atoms with Gasteiger partial charge in [-0.25, -0.2) is 4.99 Å². The molecular weight excluding hydrogens is 381 g/mol. The van der Waals surface area contributed by atoms with Crippen LogP contribution >= 0.6 is 35.7 Å². The van der Waals surface area contributed by atoms with Crippen LogP contribution in [0.3, 0.4) is 0 Å². The summed E-state index contributed by atoms with van der Waals surface area (Å²) >= 11 is 1.77. The molecule has 20 heavy (non-hydrogen) atoms. The highest BCUT2D eigenvalue weighted by atomic mass is 127. The summed E-state index contributed by atoms with van der Waals surface area (Å²) in [7, 11) is 0. The van der Waals surface area contributed by atoms with E-state index < -0.39 is 0 Å². The number of nitrogens with one attached hydrogen (secondary N) is 1. The van der Waals surface area contributed by atoms with Gasteiger partial charge in [0.15, 0.2) is 5.96 Å². The molecule has 0 aromatic heterocycles. The molecule has 1 aromatic rings. The normalized spacial score (nSPS) is 15.1. The van der Waals surface area contributed by atoms with Gasteiger partial charge in [0.1, 0.15) is 0 Å². The number of benzene rings is 1. The minimum Gasteiger partial charge on any atom is -0.357 e. The number of guanidine groups is 1. The van der Waals surface area contributed by atoms with Gasteiger partial charge in [0.05, 0.1) is 6.54 Å². The molecule has 1 N–H and O–H groups in total. The summed E-state index contributed by atoms with van der Waals surface area (Å²) in [6.07, 6.45) is 4.67. The Bertz CT molecular complexity index is 414. The summed E-state index contributed by atoms with van der Waals surface area (Å²) in [5.74, 6) is 1.06. The van der Waals surface area contributed by atoms with Crippen molar-refractivity contribution in [2.24, 2.45) is 4.99 Å². The van der Waals surface area contributed by atoms with E-state index >= 15 is 0 Å². The zero-order valence-electron chi connectivity index (χ0n) is 12.3. The molecule has 0 bridgehead atoms. The van der Waals surface area contributed by atoms with Crippen LogP contribution in [-0.2, 0) is 6.54 Å². The van der Waals surface area contributed by atoms with E-state index in [1.165, 1.54) is 23.3 Å². The molecule has 1 fully saturated rings. The summed E-state index contributed by atoms with van der Waals surface area (Å²) in [6, 6.07) is 8.67. The van der Waals surface area contributed by atoms with Crippen LogP contribution in [-0.4, -0.2) is 36.7 Å². The molecule has 0 spiro atoms. The molecule has 0 aliphatic carbocycles. The Morgan fingerprint density at radius 3 is 2.45 bits per heavy atom. The first-order valence-electron chi connectivity index (χ1n) is 6.99. The van der Waals surface area contributed by atoms with Crippen molar-refractivity contribution in [1.29, 1.82) is 0 Å². The minimum atomic E-state index is 0. The van der Waals surface area contributed by atoms with Gasteiger partial charge in [-0.05, 0) is 43.7 Å². The third-order valence-electron chi connectivity index (χ3n) is 3.31. The van der Waals surface area contributed by atoms with E-state index in [1.807, 2.05) is 0 Å². The van der Waals surface area contributed by atoms with Gasteiger partial charge in [-0.3, -0.25) is 0 Å². The lowest BCUT2D eigenvalue weighted by molar-refractivity contribution is 0.493. The Kier molecular flexibility index (Phi) is 8.37. The van der Waals surface area contributed by atoms with Crippen LogP contribution in [0.2, 0.25) is 0 Å². The average molecular weight is 405 g/mol. The van der Waals surface area contributed by atoms with Crippen molar-refractivity contribution in [3.63, 3.8) is 0 Å². The van der Waals surface area contributed by atoms with Gasteiger partial charge >= 0.3 is 0 Å². The molecule has 5 heteroatoms. The maximum atomic E-state index is 4.75. The van der Waals surface area contributed by atoms with Crippen LogP contribution in [0.4, 0.5) is 0 Å². The zero-order valence-corrected chi connectivity index (χ0v) is 15.4. The van der Waals surface area contributed by atoms with Crippen molar-refractivity contribution in [2.75, 3.05) is 25.9 Å². The van der Waals surface area contributed by atoms with E-state index in [-0.39, 0.29) is 24.0 Å². The number of thioether (sulfide) groups is 1. The fraction of sp³-hybridized carbons (Fsp3) is 0.533. The summed E-state index contributed by atoms with van der Waals surface area (Å²) in [5, 5.41) is 3.39. The van der Waals surface area contributed by atoms with E-state index in [0.717, 1.165) is 32.1 Å². The van der Waals surface area contributed by atoms with Gasteiger partial charge in [0.25, 0.3) is 0 Å². The minimum absolute atomic E-state index is 0. The highest BCUT2D eigenvalue weighted by Crippen LogP contribution is 2.15. The highest BCUT2D eigenvalue weighted by Gasteiger charge is 2.15. The highest BCUT2D eigenvalue weighted by molar-refractivity contribution is 14.0. The van der Waals surface area contributed by atoms with Gasteiger partial charge in [-0.15, -0.1) is 35.7 Å². The summed E-state index contributed by atoms with van der Waals surface area (Å²) in [5.41, 5.74) is 1.27. The molecule has 0 radical (unpaired) electrons. The zero-order chi connectivity index (χ0) is 13.5. The van der Waals surface area contributed by atoms with Crippen molar-refractivity contribution in [1.82, 2.24) is 10.2 Å². The van der Waals surface area contributed by atoms with E-state index in [1.54, 1.807) is 11.8 Å². The van der Waals surface area contributed by atoms with Crippen molar-refractivity contribution < 1.29 is 0 Å². The molecule has 0 amide bonds. The van der Waals surface area contributed by atoms with Gasteiger partial charge < -0.3 is 10.2 Å². The smallest absolute Gasteiger partial charge is 0.194 e. The van der Waals surface area contributed by atoms with Crippen molar-refractivity contribution >= 4 is 41.7 Å². The third kappa shape index (κ3) is 5.16. The Balaban J connectivity index is 0.00000200. The van der Waals surface area contributed by atoms with Gasteiger partial charge in [0, 0.05) is 24.5 Å². The monoisotopic (exact) mass is 405 g/mol. The molecule has 1 aromatic carbocycles. The molecule has 1 aliphatic rings. The standard InChI is InChI=1S/C15H23N3S.HI/c1-3-16-15(18-10-4-5-11-18)17-12-13-6-8-14(19-2)9-7-13;/h6-9H,3-5,10-12H2,1-2H3,(H,16,17);1H. The first kappa shape index (κ1) is 17.6.